The van der Waals surface area contributed by atoms with Crippen molar-refractivity contribution in [2.24, 2.45) is 0 Å². The van der Waals surface area contributed by atoms with E-state index in [4.69, 9.17) is 0 Å². The first-order chi connectivity index (χ1) is 8.15. The van der Waals surface area contributed by atoms with Crippen LogP contribution in [-0.4, -0.2) is 42.4 Å². The number of benzene rings is 1. The van der Waals surface area contributed by atoms with Crippen LogP contribution in [0.1, 0.15) is 17.2 Å². The molecule has 4 heteroatoms. The van der Waals surface area contributed by atoms with Crippen molar-refractivity contribution >= 4 is 5.91 Å². The third-order valence-corrected chi connectivity index (χ3v) is 3.68. The van der Waals surface area contributed by atoms with Crippen LogP contribution in [0.15, 0.2) is 18.2 Å². The summed E-state index contributed by atoms with van der Waals surface area (Å²) in [7, 11) is 1.93. The Morgan fingerprint density at radius 3 is 3.06 bits per heavy atom. The lowest BCUT2D eigenvalue weighted by atomic mass is 9.91. The van der Waals surface area contributed by atoms with Crippen LogP contribution in [0.2, 0.25) is 0 Å². The summed E-state index contributed by atoms with van der Waals surface area (Å²) in [6.07, 6.45) is 0.835. The molecule has 0 bridgehead atoms. The number of amides is 1. The van der Waals surface area contributed by atoms with Crippen LogP contribution in [0.5, 0.6) is 0 Å². The first-order valence-electron chi connectivity index (χ1n) is 5.91. The molecule has 2 heterocycles. The Labute approximate surface area is 99.8 Å². The van der Waals surface area contributed by atoms with Crippen LogP contribution in [-0.2, 0) is 11.2 Å². The second-order valence-corrected chi connectivity index (χ2v) is 4.89. The third-order valence-electron chi connectivity index (χ3n) is 3.68. The van der Waals surface area contributed by atoms with Gasteiger partial charge >= 0.3 is 0 Å². The van der Waals surface area contributed by atoms with Gasteiger partial charge in [0.2, 0.25) is 5.91 Å². The van der Waals surface area contributed by atoms with E-state index >= 15 is 0 Å². The van der Waals surface area contributed by atoms with Gasteiger partial charge in [0.05, 0.1) is 12.6 Å². The van der Waals surface area contributed by atoms with Crippen LogP contribution in [0.4, 0.5) is 4.39 Å². The minimum absolute atomic E-state index is 0.0284. The van der Waals surface area contributed by atoms with Crippen LogP contribution in [0.3, 0.4) is 0 Å². The molecule has 17 heavy (non-hydrogen) atoms. The molecule has 0 spiro atoms. The van der Waals surface area contributed by atoms with Gasteiger partial charge in [-0.1, -0.05) is 6.07 Å². The molecule has 1 saturated heterocycles. The van der Waals surface area contributed by atoms with Crippen molar-refractivity contribution < 1.29 is 9.18 Å². The lowest BCUT2D eigenvalue weighted by Gasteiger charge is -2.43. The number of hydrogen-bond donors (Lipinski definition) is 0. The quantitative estimate of drug-likeness (QED) is 0.673. The summed E-state index contributed by atoms with van der Waals surface area (Å²) in [4.78, 5) is 15.8. The first-order valence-corrected chi connectivity index (χ1v) is 5.91. The number of nitrogens with zero attached hydrogens (tertiary/aromatic N) is 2. The Hall–Kier alpha value is -1.42. The fourth-order valence-electron chi connectivity index (χ4n) is 2.85. The number of fused-ring (bicyclic) bond motifs is 3. The van der Waals surface area contributed by atoms with Crippen LogP contribution in [0, 0.1) is 5.82 Å². The minimum atomic E-state index is -0.216. The standard InChI is InChI=1S/C13H15FN2O/c1-15-7-12-11-6-10(14)3-2-9(11)4-5-16(12)13(17)8-15/h2-3,6,12H,4-5,7-8H2,1H3. The lowest BCUT2D eigenvalue weighted by Crippen LogP contribution is -2.53. The number of halogens is 1. The molecule has 1 unspecified atom stereocenters. The van der Waals surface area contributed by atoms with Crippen molar-refractivity contribution in [2.45, 2.75) is 12.5 Å². The van der Waals surface area contributed by atoms with Crippen LogP contribution < -0.4 is 0 Å². The van der Waals surface area contributed by atoms with E-state index in [2.05, 4.69) is 0 Å². The lowest BCUT2D eigenvalue weighted by molar-refractivity contribution is -0.139. The molecule has 90 valence electrons. The molecule has 3 rings (SSSR count). The minimum Gasteiger partial charge on any atom is -0.333 e. The second kappa shape index (κ2) is 3.81. The summed E-state index contributed by atoms with van der Waals surface area (Å²) in [6.45, 7) is 2.03. The van der Waals surface area contributed by atoms with Crippen LogP contribution in [0.25, 0.3) is 0 Å². The van der Waals surface area contributed by atoms with E-state index in [9.17, 15) is 9.18 Å². The van der Waals surface area contributed by atoms with Gasteiger partial charge in [0.15, 0.2) is 0 Å². The first kappa shape index (κ1) is 10.7. The zero-order valence-corrected chi connectivity index (χ0v) is 9.82. The van der Waals surface area contributed by atoms with Crippen molar-refractivity contribution in [3.05, 3.63) is 35.1 Å². The topological polar surface area (TPSA) is 23.6 Å². The molecule has 0 aliphatic carbocycles. The van der Waals surface area contributed by atoms with Crippen molar-refractivity contribution in [1.29, 1.82) is 0 Å². The Kier molecular flexibility index (Phi) is 2.40. The van der Waals surface area contributed by atoms with E-state index in [1.807, 2.05) is 22.9 Å². The summed E-state index contributed by atoms with van der Waals surface area (Å²) >= 11 is 0. The van der Waals surface area contributed by atoms with E-state index in [-0.39, 0.29) is 17.8 Å². The fourth-order valence-corrected chi connectivity index (χ4v) is 2.85. The number of likely N-dealkylation sites (N-methyl/N-ethyl adjacent to an activating group) is 1. The number of carbonyl (C=O) groups excluding carboxylic acids is 1. The molecule has 3 nitrogen and oxygen atoms in total. The van der Waals surface area contributed by atoms with Gasteiger partial charge in [-0.05, 0) is 36.7 Å². The van der Waals surface area contributed by atoms with Crippen molar-refractivity contribution in [2.75, 3.05) is 26.7 Å². The maximum Gasteiger partial charge on any atom is 0.237 e. The second-order valence-electron chi connectivity index (χ2n) is 4.89. The Morgan fingerprint density at radius 2 is 2.24 bits per heavy atom. The molecular weight excluding hydrogens is 219 g/mol. The predicted octanol–water partition coefficient (Wildman–Crippen LogP) is 1.20. The maximum atomic E-state index is 13.3. The highest BCUT2D eigenvalue weighted by atomic mass is 19.1. The summed E-state index contributed by atoms with van der Waals surface area (Å²) < 4.78 is 13.3. The molecule has 0 radical (unpaired) electrons. The van der Waals surface area contributed by atoms with Gasteiger partial charge < -0.3 is 4.90 Å². The molecule has 1 atom stereocenters. The smallest absolute Gasteiger partial charge is 0.237 e. The SMILES string of the molecule is CN1CC(=O)N2CCc3ccc(F)cc3C2C1. The molecular formula is C13H15FN2O. The van der Waals surface area contributed by atoms with Gasteiger partial charge in [-0.15, -0.1) is 0 Å². The summed E-state index contributed by atoms with van der Waals surface area (Å²) in [5.74, 6) is -0.0649. The Bertz CT molecular complexity index is 474. The molecule has 0 N–H and O–H groups in total. The Morgan fingerprint density at radius 1 is 1.41 bits per heavy atom. The number of piperazine rings is 1. The molecule has 2 aliphatic rings. The molecule has 1 amide bonds. The van der Waals surface area contributed by atoms with Crippen LogP contribution >= 0.6 is 0 Å². The summed E-state index contributed by atoms with van der Waals surface area (Å²) in [5, 5.41) is 0. The highest BCUT2D eigenvalue weighted by molar-refractivity contribution is 5.80. The largest absolute Gasteiger partial charge is 0.333 e. The Balaban J connectivity index is 2.03. The number of rotatable bonds is 0. The third kappa shape index (κ3) is 1.72. The monoisotopic (exact) mass is 234 g/mol. The zero-order valence-electron chi connectivity index (χ0n) is 9.82. The molecule has 0 aromatic heterocycles. The average Bonchev–Trinajstić information content (AvgIpc) is 2.28. The van der Waals surface area contributed by atoms with E-state index in [0.29, 0.717) is 6.54 Å². The van der Waals surface area contributed by atoms with Crippen molar-refractivity contribution in [3.63, 3.8) is 0 Å². The molecule has 1 aromatic carbocycles. The van der Waals surface area contributed by atoms with E-state index < -0.39 is 0 Å². The van der Waals surface area contributed by atoms with Gasteiger partial charge in [0.1, 0.15) is 5.82 Å². The van der Waals surface area contributed by atoms with Crippen molar-refractivity contribution in [1.82, 2.24) is 9.80 Å². The van der Waals surface area contributed by atoms with Gasteiger partial charge in [-0.25, -0.2) is 4.39 Å². The van der Waals surface area contributed by atoms with E-state index in [1.54, 1.807) is 6.07 Å². The fraction of sp³-hybridized carbons (Fsp3) is 0.462. The zero-order chi connectivity index (χ0) is 12.0. The molecule has 1 fully saturated rings. The molecule has 1 aromatic rings. The highest BCUT2D eigenvalue weighted by Gasteiger charge is 2.35. The molecule has 0 saturated carbocycles. The van der Waals surface area contributed by atoms with Gasteiger partial charge in [0.25, 0.3) is 0 Å². The molecule has 2 aliphatic heterocycles. The van der Waals surface area contributed by atoms with Gasteiger partial charge in [0, 0.05) is 13.1 Å². The van der Waals surface area contributed by atoms with Gasteiger partial charge in [-0.2, -0.15) is 0 Å². The number of carbonyl (C=O) groups is 1. The van der Waals surface area contributed by atoms with E-state index in [0.717, 1.165) is 25.1 Å². The van der Waals surface area contributed by atoms with E-state index in [1.165, 1.54) is 11.6 Å². The normalized spacial score (nSPS) is 24.5. The average molecular weight is 234 g/mol. The van der Waals surface area contributed by atoms with Crippen molar-refractivity contribution in [3.8, 4) is 0 Å². The predicted molar refractivity (Wildman–Crippen MR) is 62.1 cm³/mol. The summed E-state index contributed by atoms with van der Waals surface area (Å²) in [6, 6.07) is 4.96. The van der Waals surface area contributed by atoms with Gasteiger partial charge in [-0.3, -0.25) is 9.69 Å². The highest BCUT2D eigenvalue weighted by Crippen LogP contribution is 2.32. The maximum absolute atomic E-state index is 13.3. The summed E-state index contributed by atoms with van der Waals surface area (Å²) in [5.41, 5.74) is 2.16. The number of hydrogen-bond acceptors (Lipinski definition) is 2.